The van der Waals surface area contributed by atoms with Crippen molar-refractivity contribution in [2.24, 2.45) is 11.8 Å². The van der Waals surface area contributed by atoms with E-state index >= 15 is 0 Å². The van der Waals surface area contributed by atoms with Gasteiger partial charge in [0.1, 0.15) is 0 Å². The average Bonchev–Trinajstić information content (AvgIpc) is 2.41. The van der Waals surface area contributed by atoms with Crippen LogP contribution in [0.2, 0.25) is 0 Å². The van der Waals surface area contributed by atoms with Gasteiger partial charge in [0.05, 0.1) is 6.61 Å². The van der Waals surface area contributed by atoms with Crippen molar-refractivity contribution in [1.29, 1.82) is 0 Å². The van der Waals surface area contributed by atoms with E-state index in [0.29, 0.717) is 31.4 Å². The van der Waals surface area contributed by atoms with Crippen molar-refractivity contribution in [3.8, 4) is 0 Å². The van der Waals surface area contributed by atoms with Gasteiger partial charge in [-0.2, -0.15) is 0 Å². The number of piperidine rings is 1. The molecule has 1 aliphatic heterocycles. The molecule has 4 heteroatoms. The van der Waals surface area contributed by atoms with Gasteiger partial charge in [-0.15, -0.1) is 0 Å². The second-order valence-corrected chi connectivity index (χ2v) is 5.90. The summed E-state index contributed by atoms with van der Waals surface area (Å²) in [4.78, 5) is 11.6. The molecule has 1 saturated heterocycles. The van der Waals surface area contributed by atoms with Crippen LogP contribution in [0.4, 0.5) is 0 Å². The van der Waals surface area contributed by atoms with Crippen molar-refractivity contribution in [3.63, 3.8) is 0 Å². The summed E-state index contributed by atoms with van der Waals surface area (Å²) in [5, 5.41) is 6.31. The summed E-state index contributed by atoms with van der Waals surface area (Å²) < 4.78 is 5.46. The van der Waals surface area contributed by atoms with Crippen LogP contribution in [0.25, 0.3) is 0 Å². The molecule has 0 aromatic carbocycles. The number of rotatable bonds is 9. The Hall–Kier alpha value is -0.610. The van der Waals surface area contributed by atoms with Gasteiger partial charge >= 0.3 is 0 Å². The molecular formula is C15H30N2O2. The van der Waals surface area contributed by atoms with Crippen LogP contribution in [0.5, 0.6) is 0 Å². The van der Waals surface area contributed by atoms with Gasteiger partial charge in [-0.1, -0.05) is 13.8 Å². The highest BCUT2D eigenvalue weighted by Gasteiger charge is 2.14. The zero-order valence-electron chi connectivity index (χ0n) is 12.5. The highest BCUT2D eigenvalue weighted by atomic mass is 16.5. The molecule has 1 amide bonds. The highest BCUT2D eigenvalue weighted by molar-refractivity contribution is 5.75. The summed E-state index contributed by atoms with van der Waals surface area (Å²) in [6.07, 6.45) is 5.25. The van der Waals surface area contributed by atoms with Crippen LogP contribution in [-0.2, 0) is 9.53 Å². The first-order chi connectivity index (χ1) is 9.18. The van der Waals surface area contributed by atoms with Gasteiger partial charge in [0, 0.05) is 19.6 Å². The molecule has 1 heterocycles. The second kappa shape index (κ2) is 10.2. The van der Waals surface area contributed by atoms with E-state index < -0.39 is 0 Å². The molecule has 0 saturated carbocycles. The number of ether oxygens (including phenoxy) is 1. The molecule has 0 spiro atoms. The van der Waals surface area contributed by atoms with Crippen LogP contribution in [0.15, 0.2) is 0 Å². The van der Waals surface area contributed by atoms with Crippen LogP contribution in [-0.4, -0.2) is 38.8 Å². The van der Waals surface area contributed by atoms with E-state index in [2.05, 4.69) is 24.5 Å². The third kappa shape index (κ3) is 9.00. The fourth-order valence-electron chi connectivity index (χ4n) is 2.28. The van der Waals surface area contributed by atoms with Gasteiger partial charge in [-0.05, 0) is 50.6 Å². The van der Waals surface area contributed by atoms with E-state index in [1.807, 2.05) is 0 Å². The van der Waals surface area contributed by atoms with Crippen molar-refractivity contribution < 1.29 is 9.53 Å². The summed E-state index contributed by atoms with van der Waals surface area (Å²) in [7, 11) is 0. The standard InChI is InChI=1S/C15H30N2O2/c1-13(2)7-10-19-11-9-17-15(18)6-5-14-4-3-8-16-12-14/h13-14,16H,3-12H2,1-2H3,(H,17,18). The van der Waals surface area contributed by atoms with Gasteiger partial charge < -0.3 is 15.4 Å². The lowest BCUT2D eigenvalue weighted by Gasteiger charge is -2.22. The third-order valence-corrected chi connectivity index (χ3v) is 3.59. The zero-order chi connectivity index (χ0) is 13.9. The molecule has 2 N–H and O–H groups in total. The van der Waals surface area contributed by atoms with E-state index in [1.54, 1.807) is 0 Å². The van der Waals surface area contributed by atoms with Crippen molar-refractivity contribution in [2.45, 2.75) is 46.0 Å². The van der Waals surface area contributed by atoms with E-state index in [4.69, 9.17) is 4.74 Å². The molecular weight excluding hydrogens is 240 g/mol. The van der Waals surface area contributed by atoms with Crippen LogP contribution in [0.3, 0.4) is 0 Å². The van der Waals surface area contributed by atoms with Gasteiger partial charge in [0.25, 0.3) is 0 Å². The average molecular weight is 270 g/mol. The fourth-order valence-corrected chi connectivity index (χ4v) is 2.28. The van der Waals surface area contributed by atoms with Crippen molar-refractivity contribution in [2.75, 3.05) is 32.8 Å². The molecule has 19 heavy (non-hydrogen) atoms. The van der Waals surface area contributed by atoms with Crippen LogP contribution in [0.1, 0.15) is 46.0 Å². The van der Waals surface area contributed by atoms with Crippen molar-refractivity contribution in [1.82, 2.24) is 10.6 Å². The first-order valence-electron chi connectivity index (χ1n) is 7.73. The summed E-state index contributed by atoms with van der Waals surface area (Å²) in [5.74, 6) is 1.53. The maximum atomic E-state index is 11.6. The molecule has 112 valence electrons. The summed E-state index contributed by atoms with van der Waals surface area (Å²) in [6.45, 7) is 8.64. The van der Waals surface area contributed by atoms with E-state index in [1.165, 1.54) is 12.8 Å². The molecule has 0 bridgehead atoms. The second-order valence-electron chi connectivity index (χ2n) is 5.90. The molecule has 0 radical (unpaired) electrons. The lowest BCUT2D eigenvalue weighted by Crippen LogP contribution is -2.32. The molecule has 0 aromatic heterocycles. The molecule has 1 aliphatic rings. The monoisotopic (exact) mass is 270 g/mol. The quantitative estimate of drug-likeness (QED) is 0.630. The molecule has 4 nitrogen and oxygen atoms in total. The number of hydrogen-bond donors (Lipinski definition) is 2. The predicted octanol–water partition coefficient (Wildman–Crippen LogP) is 1.95. The minimum Gasteiger partial charge on any atom is -0.380 e. The van der Waals surface area contributed by atoms with Gasteiger partial charge in [-0.25, -0.2) is 0 Å². The minimum atomic E-state index is 0.165. The van der Waals surface area contributed by atoms with E-state index in [9.17, 15) is 4.79 Å². The zero-order valence-corrected chi connectivity index (χ0v) is 12.5. The number of amides is 1. The number of hydrogen-bond acceptors (Lipinski definition) is 3. The Morgan fingerprint density at radius 3 is 2.95 bits per heavy atom. The predicted molar refractivity (Wildman–Crippen MR) is 78.1 cm³/mol. The largest absolute Gasteiger partial charge is 0.380 e. The van der Waals surface area contributed by atoms with Gasteiger partial charge in [0.2, 0.25) is 5.91 Å². The molecule has 1 rings (SSSR count). The Bertz CT molecular complexity index is 238. The number of nitrogens with one attached hydrogen (secondary N) is 2. The summed E-state index contributed by atoms with van der Waals surface area (Å²) in [6, 6.07) is 0. The first kappa shape index (κ1) is 16.4. The maximum absolute atomic E-state index is 11.6. The highest BCUT2D eigenvalue weighted by Crippen LogP contribution is 2.15. The van der Waals surface area contributed by atoms with E-state index in [0.717, 1.165) is 32.5 Å². The third-order valence-electron chi connectivity index (χ3n) is 3.59. The number of carbonyl (C=O) groups is 1. The van der Waals surface area contributed by atoms with Crippen LogP contribution >= 0.6 is 0 Å². The van der Waals surface area contributed by atoms with Crippen LogP contribution in [0, 0.1) is 11.8 Å². The summed E-state index contributed by atoms with van der Waals surface area (Å²) in [5.41, 5.74) is 0. The Morgan fingerprint density at radius 2 is 2.26 bits per heavy atom. The van der Waals surface area contributed by atoms with Crippen LogP contribution < -0.4 is 10.6 Å². The van der Waals surface area contributed by atoms with Crippen molar-refractivity contribution >= 4 is 5.91 Å². The smallest absolute Gasteiger partial charge is 0.220 e. The molecule has 0 aliphatic carbocycles. The normalized spacial score (nSPS) is 19.6. The molecule has 1 fully saturated rings. The van der Waals surface area contributed by atoms with E-state index in [-0.39, 0.29) is 5.91 Å². The Labute approximate surface area is 117 Å². The Kier molecular flexibility index (Phi) is 8.84. The topological polar surface area (TPSA) is 50.4 Å². The summed E-state index contributed by atoms with van der Waals surface area (Å²) >= 11 is 0. The lowest BCUT2D eigenvalue weighted by atomic mass is 9.94. The number of carbonyl (C=O) groups excluding carboxylic acids is 1. The fraction of sp³-hybridized carbons (Fsp3) is 0.933. The Balaban J connectivity index is 1.90. The first-order valence-corrected chi connectivity index (χ1v) is 7.73. The van der Waals surface area contributed by atoms with Gasteiger partial charge in [-0.3, -0.25) is 4.79 Å². The van der Waals surface area contributed by atoms with Gasteiger partial charge in [0.15, 0.2) is 0 Å². The maximum Gasteiger partial charge on any atom is 0.220 e. The molecule has 0 aromatic rings. The minimum absolute atomic E-state index is 0.165. The molecule has 1 unspecified atom stereocenters. The molecule has 1 atom stereocenters. The lowest BCUT2D eigenvalue weighted by molar-refractivity contribution is -0.121. The SMILES string of the molecule is CC(C)CCOCCNC(=O)CCC1CCCNC1. The Morgan fingerprint density at radius 1 is 1.42 bits per heavy atom. The van der Waals surface area contributed by atoms with Crippen molar-refractivity contribution in [3.05, 3.63) is 0 Å².